The first kappa shape index (κ1) is 12.7. The van der Waals surface area contributed by atoms with Crippen LogP contribution in [0.2, 0.25) is 0 Å². The molecule has 1 aromatic carbocycles. The van der Waals surface area contributed by atoms with E-state index in [1.807, 2.05) is 25.1 Å². The Morgan fingerprint density at radius 3 is 2.62 bits per heavy atom. The Morgan fingerprint density at radius 1 is 1.31 bits per heavy atom. The summed E-state index contributed by atoms with van der Waals surface area (Å²) in [5.74, 6) is 0.928. The largest absolute Gasteiger partial charge is 0.492 e. The van der Waals surface area contributed by atoms with Gasteiger partial charge in [-0.15, -0.1) is 0 Å². The molecule has 1 heterocycles. The van der Waals surface area contributed by atoms with Crippen LogP contribution in [-0.4, -0.2) is 35.8 Å². The molecule has 0 amide bonds. The van der Waals surface area contributed by atoms with Gasteiger partial charge in [0, 0.05) is 6.42 Å². The molecular formula is C12H16O4. The average Bonchev–Trinajstić information content (AvgIpc) is 2.31. The quantitative estimate of drug-likeness (QED) is 0.744. The smallest absolute Gasteiger partial charge is 0.170 e. The molecule has 0 aliphatic carbocycles. The van der Waals surface area contributed by atoms with Crippen molar-refractivity contribution in [2.75, 3.05) is 19.8 Å². The molecule has 4 heteroatoms. The van der Waals surface area contributed by atoms with Crippen molar-refractivity contribution in [1.29, 1.82) is 0 Å². The van der Waals surface area contributed by atoms with E-state index in [0.717, 1.165) is 16.9 Å². The van der Waals surface area contributed by atoms with E-state index in [9.17, 15) is 4.79 Å². The van der Waals surface area contributed by atoms with Gasteiger partial charge in [-0.05, 0) is 19.1 Å². The van der Waals surface area contributed by atoms with Crippen molar-refractivity contribution < 1.29 is 19.7 Å². The maximum absolute atomic E-state index is 11.4. The van der Waals surface area contributed by atoms with E-state index >= 15 is 0 Å². The van der Waals surface area contributed by atoms with E-state index in [-0.39, 0.29) is 19.0 Å². The van der Waals surface area contributed by atoms with Crippen LogP contribution in [0.3, 0.4) is 0 Å². The van der Waals surface area contributed by atoms with Crippen LogP contribution in [0.25, 0.3) is 0 Å². The lowest BCUT2D eigenvalue weighted by Crippen LogP contribution is -2.15. The molecule has 4 nitrogen and oxygen atoms in total. The number of ketones is 1. The molecule has 0 fully saturated rings. The van der Waals surface area contributed by atoms with Crippen molar-refractivity contribution in [3.05, 3.63) is 29.3 Å². The number of Topliss-reactive ketones (excluding diaryl/α,β-unsaturated/α-hetero) is 1. The minimum atomic E-state index is -0.125. The van der Waals surface area contributed by atoms with Crippen molar-refractivity contribution in [1.82, 2.24) is 0 Å². The fraction of sp³-hybridized carbons (Fsp3) is 0.417. The normalized spacial score (nSPS) is 13.3. The molecule has 16 heavy (non-hydrogen) atoms. The third kappa shape index (κ3) is 3.32. The number of hydrogen-bond donors (Lipinski definition) is 2. The number of ether oxygens (including phenoxy) is 1. The predicted octanol–water partition coefficient (Wildman–Crippen LogP) is 0.931. The Bertz CT molecular complexity index is 358. The van der Waals surface area contributed by atoms with Crippen molar-refractivity contribution >= 4 is 5.78 Å². The summed E-state index contributed by atoms with van der Waals surface area (Å²) in [6.45, 7) is 2.25. The zero-order valence-corrected chi connectivity index (χ0v) is 9.27. The van der Waals surface area contributed by atoms with Crippen LogP contribution in [0.15, 0.2) is 18.2 Å². The second-order valence-electron chi connectivity index (χ2n) is 3.47. The summed E-state index contributed by atoms with van der Waals surface area (Å²) in [5, 5.41) is 15.2. The van der Waals surface area contributed by atoms with Gasteiger partial charge in [-0.3, -0.25) is 4.79 Å². The highest BCUT2D eigenvalue weighted by molar-refractivity contribution is 5.99. The van der Waals surface area contributed by atoms with Crippen LogP contribution in [0.4, 0.5) is 0 Å². The molecule has 0 aromatic heterocycles. The lowest BCUT2D eigenvalue weighted by Gasteiger charge is -2.15. The molecule has 1 aliphatic rings. The van der Waals surface area contributed by atoms with Gasteiger partial charge in [-0.2, -0.15) is 0 Å². The molecular weight excluding hydrogens is 208 g/mol. The summed E-state index contributed by atoms with van der Waals surface area (Å²) in [6, 6.07) is 5.70. The average molecular weight is 224 g/mol. The monoisotopic (exact) mass is 224 g/mol. The molecule has 0 spiro atoms. The first-order chi connectivity index (χ1) is 7.69. The van der Waals surface area contributed by atoms with Crippen LogP contribution < -0.4 is 4.74 Å². The van der Waals surface area contributed by atoms with Gasteiger partial charge in [0.15, 0.2) is 5.78 Å². The summed E-state index contributed by atoms with van der Waals surface area (Å²) in [7, 11) is 0. The summed E-state index contributed by atoms with van der Waals surface area (Å²) in [4.78, 5) is 11.4. The number of aliphatic hydroxyl groups is 2. The van der Waals surface area contributed by atoms with E-state index in [4.69, 9.17) is 14.9 Å². The van der Waals surface area contributed by atoms with Crippen molar-refractivity contribution in [3.8, 4) is 5.75 Å². The summed E-state index contributed by atoms with van der Waals surface area (Å²) < 4.78 is 5.33. The number of hydrogen-bond acceptors (Lipinski definition) is 4. The molecule has 0 saturated heterocycles. The standard InChI is InChI=1S/C10H10O2.C2H6O2/c1-7-2-3-10-8(6-7)9(11)4-5-12-10;3-1-2-4/h2-3,6H,4-5H2,1H3;3-4H,1-2H2. The molecule has 0 radical (unpaired) electrons. The highest BCUT2D eigenvalue weighted by atomic mass is 16.5. The molecule has 1 aromatic rings. The van der Waals surface area contributed by atoms with Gasteiger partial charge in [0.05, 0.1) is 25.4 Å². The van der Waals surface area contributed by atoms with Gasteiger partial charge < -0.3 is 14.9 Å². The second-order valence-corrected chi connectivity index (χ2v) is 3.47. The number of benzene rings is 1. The topological polar surface area (TPSA) is 66.8 Å². The molecule has 2 N–H and O–H groups in total. The first-order valence-electron chi connectivity index (χ1n) is 5.17. The SMILES string of the molecule is Cc1ccc2c(c1)C(=O)CCO2.OCCO. The molecule has 0 atom stereocenters. The molecule has 1 aliphatic heterocycles. The third-order valence-electron chi connectivity index (χ3n) is 2.12. The fourth-order valence-corrected chi connectivity index (χ4v) is 1.38. The zero-order valence-electron chi connectivity index (χ0n) is 9.27. The van der Waals surface area contributed by atoms with E-state index in [1.165, 1.54) is 0 Å². The Morgan fingerprint density at radius 2 is 2.00 bits per heavy atom. The molecule has 2 rings (SSSR count). The lowest BCUT2D eigenvalue weighted by atomic mass is 10.0. The molecule has 0 bridgehead atoms. The predicted molar refractivity (Wildman–Crippen MR) is 59.8 cm³/mol. The Balaban J connectivity index is 0.000000280. The highest BCUT2D eigenvalue weighted by Crippen LogP contribution is 2.24. The molecule has 0 saturated carbocycles. The van der Waals surface area contributed by atoms with Gasteiger partial charge in [0.1, 0.15) is 5.75 Å². The van der Waals surface area contributed by atoms with E-state index in [0.29, 0.717) is 13.0 Å². The Kier molecular flexibility index (Phi) is 4.95. The molecule has 0 unspecified atom stereocenters. The van der Waals surface area contributed by atoms with Crippen LogP contribution in [0.1, 0.15) is 22.3 Å². The fourth-order valence-electron chi connectivity index (χ4n) is 1.38. The van der Waals surface area contributed by atoms with Crippen molar-refractivity contribution in [2.24, 2.45) is 0 Å². The minimum Gasteiger partial charge on any atom is -0.492 e. The van der Waals surface area contributed by atoms with Crippen LogP contribution in [0, 0.1) is 6.92 Å². The van der Waals surface area contributed by atoms with Crippen LogP contribution in [-0.2, 0) is 0 Å². The number of carbonyl (C=O) groups is 1. The van der Waals surface area contributed by atoms with Gasteiger partial charge in [0.2, 0.25) is 0 Å². The van der Waals surface area contributed by atoms with E-state index < -0.39 is 0 Å². The lowest BCUT2D eigenvalue weighted by molar-refractivity contribution is 0.0933. The first-order valence-corrected chi connectivity index (χ1v) is 5.17. The number of aryl methyl sites for hydroxylation is 1. The highest BCUT2D eigenvalue weighted by Gasteiger charge is 2.17. The third-order valence-corrected chi connectivity index (χ3v) is 2.12. The van der Waals surface area contributed by atoms with Gasteiger partial charge in [0.25, 0.3) is 0 Å². The number of carbonyl (C=O) groups excluding carboxylic acids is 1. The van der Waals surface area contributed by atoms with Crippen molar-refractivity contribution in [2.45, 2.75) is 13.3 Å². The summed E-state index contributed by atoms with van der Waals surface area (Å²) in [6.07, 6.45) is 0.510. The van der Waals surface area contributed by atoms with Gasteiger partial charge in [-0.1, -0.05) is 11.6 Å². The van der Waals surface area contributed by atoms with Crippen molar-refractivity contribution in [3.63, 3.8) is 0 Å². The van der Waals surface area contributed by atoms with E-state index in [1.54, 1.807) is 0 Å². The van der Waals surface area contributed by atoms with Gasteiger partial charge >= 0.3 is 0 Å². The van der Waals surface area contributed by atoms with Crippen LogP contribution in [0.5, 0.6) is 5.75 Å². The molecule has 88 valence electrons. The minimum absolute atomic E-state index is 0.125. The summed E-state index contributed by atoms with van der Waals surface area (Å²) >= 11 is 0. The Labute approximate surface area is 94.5 Å². The summed E-state index contributed by atoms with van der Waals surface area (Å²) in [5.41, 5.74) is 1.84. The van der Waals surface area contributed by atoms with Crippen LogP contribution >= 0.6 is 0 Å². The maximum atomic E-state index is 11.4. The number of aliphatic hydroxyl groups excluding tert-OH is 2. The number of rotatable bonds is 1. The maximum Gasteiger partial charge on any atom is 0.170 e. The van der Waals surface area contributed by atoms with Gasteiger partial charge in [-0.25, -0.2) is 0 Å². The van der Waals surface area contributed by atoms with E-state index in [2.05, 4.69) is 0 Å². The zero-order chi connectivity index (χ0) is 12.0. The second kappa shape index (κ2) is 6.25. The Hall–Kier alpha value is -1.39. The number of fused-ring (bicyclic) bond motifs is 1.